The molecule has 2 rings (SSSR count). The van der Waals surface area contributed by atoms with Crippen LogP contribution in [0.3, 0.4) is 0 Å². The van der Waals surface area contributed by atoms with Crippen LogP contribution in [0, 0.1) is 5.92 Å². The normalized spacial score (nSPS) is 26.8. The van der Waals surface area contributed by atoms with E-state index in [9.17, 15) is 0 Å². The standard InChI is InChI=1S/C12H21N3/c1-2-10-4-3-5-12(8-10)15-7-6-11(9-13)14-15/h6-7,10,12H,2-5,8-9,13H2,1H3. The Morgan fingerprint density at radius 3 is 3.07 bits per heavy atom. The van der Waals surface area contributed by atoms with Gasteiger partial charge in [-0.15, -0.1) is 0 Å². The minimum absolute atomic E-state index is 0.553. The molecule has 1 aromatic rings. The molecule has 0 bridgehead atoms. The summed E-state index contributed by atoms with van der Waals surface area (Å²) in [6, 6.07) is 2.65. The summed E-state index contributed by atoms with van der Waals surface area (Å²) in [5.41, 5.74) is 6.58. The Morgan fingerprint density at radius 2 is 2.40 bits per heavy atom. The van der Waals surface area contributed by atoms with Crippen molar-refractivity contribution < 1.29 is 0 Å². The Balaban J connectivity index is 2.03. The molecule has 0 aliphatic heterocycles. The molecule has 1 fully saturated rings. The number of rotatable bonds is 3. The van der Waals surface area contributed by atoms with Gasteiger partial charge in [0.25, 0.3) is 0 Å². The molecule has 2 unspecified atom stereocenters. The van der Waals surface area contributed by atoms with Crippen molar-refractivity contribution in [1.82, 2.24) is 9.78 Å². The first-order valence-electron chi connectivity index (χ1n) is 6.07. The molecule has 15 heavy (non-hydrogen) atoms. The Labute approximate surface area is 91.7 Å². The number of hydrogen-bond donors (Lipinski definition) is 1. The number of nitrogens with two attached hydrogens (primary N) is 1. The van der Waals surface area contributed by atoms with Crippen molar-refractivity contribution in [2.24, 2.45) is 11.7 Å². The lowest BCUT2D eigenvalue weighted by Gasteiger charge is -2.28. The average Bonchev–Trinajstić information content (AvgIpc) is 2.78. The summed E-state index contributed by atoms with van der Waals surface area (Å²) in [6.45, 7) is 2.85. The molecule has 1 heterocycles. The van der Waals surface area contributed by atoms with Gasteiger partial charge in [-0.05, 0) is 24.8 Å². The molecule has 1 saturated carbocycles. The van der Waals surface area contributed by atoms with Crippen LogP contribution < -0.4 is 5.73 Å². The Kier molecular flexibility index (Phi) is 3.41. The molecule has 0 spiro atoms. The lowest BCUT2D eigenvalue weighted by Crippen LogP contribution is -2.19. The smallest absolute Gasteiger partial charge is 0.0760 e. The van der Waals surface area contributed by atoms with Crippen LogP contribution >= 0.6 is 0 Å². The molecule has 0 saturated heterocycles. The zero-order valence-electron chi connectivity index (χ0n) is 9.52. The predicted octanol–water partition coefficient (Wildman–Crippen LogP) is 2.48. The van der Waals surface area contributed by atoms with Gasteiger partial charge < -0.3 is 5.73 Å². The van der Waals surface area contributed by atoms with Crippen molar-refractivity contribution in [3.05, 3.63) is 18.0 Å². The fraction of sp³-hybridized carbons (Fsp3) is 0.750. The van der Waals surface area contributed by atoms with Crippen molar-refractivity contribution >= 4 is 0 Å². The maximum Gasteiger partial charge on any atom is 0.0760 e. The molecule has 2 N–H and O–H groups in total. The van der Waals surface area contributed by atoms with Gasteiger partial charge in [0.05, 0.1) is 11.7 Å². The average molecular weight is 207 g/mol. The second-order valence-electron chi connectivity index (χ2n) is 4.59. The highest BCUT2D eigenvalue weighted by Gasteiger charge is 2.22. The SMILES string of the molecule is CCC1CCCC(n2ccc(CN)n2)C1. The first kappa shape index (κ1) is 10.7. The van der Waals surface area contributed by atoms with Gasteiger partial charge >= 0.3 is 0 Å². The first-order chi connectivity index (χ1) is 7.33. The van der Waals surface area contributed by atoms with Crippen molar-refractivity contribution in [1.29, 1.82) is 0 Å². The summed E-state index contributed by atoms with van der Waals surface area (Å²) in [4.78, 5) is 0. The Hall–Kier alpha value is -0.830. The highest BCUT2D eigenvalue weighted by Crippen LogP contribution is 2.33. The van der Waals surface area contributed by atoms with E-state index in [0.717, 1.165) is 11.6 Å². The van der Waals surface area contributed by atoms with Crippen LogP contribution in [0.2, 0.25) is 0 Å². The highest BCUT2D eigenvalue weighted by molar-refractivity contribution is 4.99. The second-order valence-corrected chi connectivity index (χ2v) is 4.59. The molecule has 2 atom stereocenters. The number of aromatic nitrogens is 2. The third-order valence-electron chi connectivity index (χ3n) is 3.58. The number of hydrogen-bond acceptors (Lipinski definition) is 2. The molecule has 3 heteroatoms. The van der Waals surface area contributed by atoms with Crippen LogP contribution in [-0.4, -0.2) is 9.78 Å². The summed E-state index contributed by atoms with van der Waals surface area (Å²) in [6.07, 6.45) is 8.72. The summed E-state index contributed by atoms with van der Waals surface area (Å²) >= 11 is 0. The molecule has 1 aliphatic rings. The molecule has 1 aromatic heterocycles. The lowest BCUT2D eigenvalue weighted by atomic mass is 9.84. The van der Waals surface area contributed by atoms with Crippen LogP contribution in [-0.2, 0) is 6.54 Å². The van der Waals surface area contributed by atoms with Gasteiger partial charge in [-0.25, -0.2) is 0 Å². The van der Waals surface area contributed by atoms with E-state index in [1.165, 1.54) is 32.1 Å². The van der Waals surface area contributed by atoms with Crippen LogP contribution in [0.1, 0.15) is 50.8 Å². The van der Waals surface area contributed by atoms with E-state index in [2.05, 4.69) is 22.9 Å². The zero-order valence-corrected chi connectivity index (χ0v) is 9.52. The molecule has 0 amide bonds. The van der Waals surface area contributed by atoms with E-state index in [4.69, 9.17) is 5.73 Å². The van der Waals surface area contributed by atoms with Gasteiger partial charge in [0.2, 0.25) is 0 Å². The predicted molar refractivity (Wildman–Crippen MR) is 61.4 cm³/mol. The summed E-state index contributed by atoms with van der Waals surface area (Å²) in [7, 11) is 0. The van der Waals surface area contributed by atoms with Gasteiger partial charge in [-0.2, -0.15) is 5.10 Å². The van der Waals surface area contributed by atoms with E-state index in [1.54, 1.807) is 0 Å². The topological polar surface area (TPSA) is 43.8 Å². The van der Waals surface area contributed by atoms with Gasteiger partial charge in [0.15, 0.2) is 0 Å². The Morgan fingerprint density at radius 1 is 1.53 bits per heavy atom. The van der Waals surface area contributed by atoms with Gasteiger partial charge in [-0.3, -0.25) is 4.68 Å². The summed E-state index contributed by atoms with van der Waals surface area (Å²) in [5, 5.41) is 4.51. The second kappa shape index (κ2) is 4.79. The van der Waals surface area contributed by atoms with E-state index in [0.29, 0.717) is 12.6 Å². The summed E-state index contributed by atoms with van der Waals surface area (Å²) < 4.78 is 2.13. The van der Waals surface area contributed by atoms with Crippen molar-refractivity contribution in [2.75, 3.05) is 0 Å². The zero-order chi connectivity index (χ0) is 10.7. The van der Waals surface area contributed by atoms with Gasteiger partial charge in [0.1, 0.15) is 0 Å². The van der Waals surface area contributed by atoms with Crippen molar-refractivity contribution in [2.45, 2.75) is 51.6 Å². The van der Waals surface area contributed by atoms with E-state index in [1.807, 2.05) is 6.07 Å². The van der Waals surface area contributed by atoms with E-state index >= 15 is 0 Å². The highest BCUT2D eigenvalue weighted by atomic mass is 15.3. The van der Waals surface area contributed by atoms with Crippen LogP contribution in [0.15, 0.2) is 12.3 Å². The fourth-order valence-electron chi connectivity index (χ4n) is 2.56. The third-order valence-corrected chi connectivity index (χ3v) is 3.58. The maximum absolute atomic E-state index is 5.57. The molecule has 3 nitrogen and oxygen atoms in total. The lowest BCUT2D eigenvalue weighted by molar-refractivity contribution is 0.247. The van der Waals surface area contributed by atoms with Crippen LogP contribution in [0.5, 0.6) is 0 Å². The van der Waals surface area contributed by atoms with E-state index in [-0.39, 0.29) is 0 Å². The monoisotopic (exact) mass is 207 g/mol. The van der Waals surface area contributed by atoms with Crippen LogP contribution in [0.25, 0.3) is 0 Å². The summed E-state index contributed by atoms with van der Waals surface area (Å²) in [5.74, 6) is 0.897. The van der Waals surface area contributed by atoms with Gasteiger partial charge in [-0.1, -0.05) is 26.2 Å². The minimum atomic E-state index is 0.553. The Bertz CT molecular complexity index is 306. The third kappa shape index (κ3) is 2.40. The number of nitrogens with zero attached hydrogens (tertiary/aromatic N) is 2. The maximum atomic E-state index is 5.57. The fourth-order valence-corrected chi connectivity index (χ4v) is 2.56. The first-order valence-corrected chi connectivity index (χ1v) is 6.07. The van der Waals surface area contributed by atoms with Crippen LogP contribution in [0.4, 0.5) is 0 Å². The van der Waals surface area contributed by atoms with Gasteiger partial charge in [0, 0.05) is 12.7 Å². The molecular formula is C12H21N3. The molecule has 84 valence electrons. The molecule has 0 aromatic carbocycles. The van der Waals surface area contributed by atoms with E-state index < -0.39 is 0 Å². The minimum Gasteiger partial charge on any atom is -0.325 e. The molecule has 1 aliphatic carbocycles. The van der Waals surface area contributed by atoms with Crippen molar-refractivity contribution in [3.63, 3.8) is 0 Å². The van der Waals surface area contributed by atoms with Crippen molar-refractivity contribution in [3.8, 4) is 0 Å². The molecular weight excluding hydrogens is 186 g/mol. The largest absolute Gasteiger partial charge is 0.325 e. The molecule has 0 radical (unpaired) electrons. The quantitative estimate of drug-likeness (QED) is 0.827.